The lowest BCUT2D eigenvalue weighted by Gasteiger charge is -2.37. The fraction of sp³-hybridized carbons (Fsp3) is 0.655. The minimum absolute atomic E-state index is 0.0240. The molecule has 1 aromatic heterocycles. The van der Waals surface area contributed by atoms with Gasteiger partial charge in [0.1, 0.15) is 11.4 Å². The van der Waals surface area contributed by atoms with E-state index in [1.54, 1.807) is 12.0 Å². The van der Waals surface area contributed by atoms with Gasteiger partial charge in [0, 0.05) is 57.4 Å². The number of ether oxygens (including phenoxy) is 2. The Morgan fingerprint density at radius 2 is 1.95 bits per heavy atom. The average Bonchev–Trinajstić information content (AvgIpc) is 3.28. The van der Waals surface area contributed by atoms with Gasteiger partial charge >= 0.3 is 0 Å². The molecule has 0 radical (unpaired) electrons. The lowest BCUT2D eigenvalue weighted by Crippen LogP contribution is -2.52. The summed E-state index contributed by atoms with van der Waals surface area (Å²) in [5.41, 5.74) is 2.65. The number of aryl methyl sites for hydroxylation is 2. The van der Waals surface area contributed by atoms with E-state index in [0.717, 1.165) is 55.2 Å². The monoisotopic (exact) mass is 514 g/mol. The van der Waals surface area contributed by atoms with Crippen molar-refractivity contribution in [1.29, 1.82) is 0 Å². The first-order chi connectivity index (χ1) is 17.8. The van der Waals surface area contributed by atoms with Gasteiger partial charge < -0.3 is 29.2 Å². The molecule has 0 aliphatic carbocycles. The van der Waals surface area contributed by atoms with Gasteiger partial charge in [-0.2, -0.15) is 0 Å². The largest absolute Gasteiger partial charge is 0.482 e. The van der Waals surface area contributed by atoms with Crippen LogP contribution >= 0.6 is 0 Å². The lowest BCUT2D eigenvalue weighted by atomic mass is 10.0. The third-order valence-electron chi connectivity index (χ3n) is 7.36. The van der Waals surface area contributed by atoms with Crippen molar-refractivity contribution < 1.29 is 19.1 Å². The molecule has 0 bridgehead atoms. The van der Waals surface area contributed by atoms with Crippen LogP contribution in [0, 0.1) is 6.92 Å². The first kappa shape index (κ1) is 29.0. The van der Waals surface area contributed by atoms with Crippen LogP contribution in [0.15, 0.2) is 18.2 Å². The van der Waals surface area contributed by atoms with Gasteiger partial charge in [-0.05, 0) is 84.5 Å². The molecule has 3 rings (SSSR count). The highest BCUT2D eigenvalue weighted by molar-refractivity contribution is 6.01. The number of likely N-dealkylation sites (N-methyl/N-ethyl adjacent to an activating group) is 1. The van der Waals surface area contributed by atoms with Gasteiger partial charge in [0.2, 0.25) is 0 Å². The van der Waals surface area contributed by atoms with E-state index in [4.69, 9.17) is 9.47 Å². The minimum atomic E-state index is -0.0380. The first-order valence-corrected chi connectivity index (χ1v) is 13.9. The number of benzene rings is 1. The number of methoxy groups -OCH3 is 1. The molecular weight excluding hydrogens is 468 g/mol. The Hall–Kier alpha value is -2.58. The summed E-state index contributed by atoms with van der Waals surface area (Å²) in [6, 6.07) is 6.21. The van der Waals surface area contributed by atoms with Gasteiger partial charge in [-0.1, -0.05) is 6.07 Å². The molecular formula is C29H46N4O4. The zero-order valence-electron chi connectivity index (χ0n) is 23.6. The highest BCUT2D eigenvalue weighted by Gasteiger charge is 2.31. The van der Waals surface area contributed by atoms with E-state index in [2.05, 4.69) is 30.7 Å². The molecule has 8 nitrogen and oxygen atoms in total. The smallest absolute Gasteiger partial charge is 0.271 e. The Morgan fingerprint density at radius 1 is 1.19 bits per heavy atom. The Bertz CT molecular complexity index is 1040. The van der Waals surface area contributed by atoms with Crippen LogP contribution in [0.2, 0.25) is 0 Å². The molecule has 1 N–H and O–H groups in total. The van der Waals surface area contributed by atoms with Crippen molar-refractivity contribution in [3.05, 3.63) is 29.5 Å². The normalized spacial score (nSPS) is 15.8. The zero-order valence-corrected chi connectivity index (χ0v) is 23.6. The van der Waals surface area contributed by atoms with Crippen LogP contribution in [0.5, 0.6) is 5.75 Å². The number of carbonyl (C=O) groups is 2. The lowest BCUT2D eigenvalue weighted by molar-refractivity contribution is -0.132. The Morgan fingerprint density at radius 3 is 2.57 bits per heavy atom. The van der Waals surface area contributed by atoms with Gasteiger partial charge in [-0.15, -0.1) is 0 Å². The molecule has 8 heteroatoms. The third kappa shape index (κ3) is 6.85. The van der Waals surface area contributed by atoms with Gasteiger partial charge in [0.25, 0.3) is 11.8 Å². The van der Waals surface area contributed by atoms with Crippen LogP contribution in [-0.4, -0.2) is 84.8 Å². The van der Waals surface area contributed by atoms with E-state index in [1.807, 2.05) is 36.9 Å². The molecule has 2 heterocycles. The summed E-state index contributed by atoms with van der Waals surface area (Å²) in [4.78, 5) is 30.7. The Kier molecular flexibility index (Phi) is 10.8. The molecule has 0 saturated carbocycles. The molecule has 0 unspecified atom stereocenters. The topological polar surface area (TPSA) is 76.0 Å². The van der Waals surface area contributed by atoms with Gasteiger partial charge in [0.05, 0.1) is 5.52 Å². The molecule has 1 aliphatic rings. The number of fused-ring (bicyclic) bond motifs is 1. The van der Waals surface area contributed by atoms with Crippen molar-refractivity contribution in [2.45, 2.75) is 78.9 Å². The first-order valence-electron chi connectivity index (χ1n) is 13.9. The summed E-state index contributed by atoms with van der Waals surface area (Å²) >= 11 is 0. The highest BCUT2D eigenvalue weighted by Crippen LogP contribution is 2.33. The number of rotatable bonds is 13. The molecule has 1 atom stereocenters. The predicted molar refractivity (Wildman–Crippen MR) is 148 cm³/mol. The molecule has 1 aliphatic heterocycles. The van der Waals surface area contributed by atoms with Crippen LogP contribution < -0.4 is 10.1 Å². The number of piperidine rings is 1. The van der Waals surface area contributed by atoms with Crippen LogP contribution in [0.3, 0.4) is 0 Å². The molecule has 1 saturated heterocycles. The Labute approximate surface area is 222 Å². The van der Waals surface area contributed by atoms with E-state index >= 15 is 0 Å². The van der Waals surface area contributed by atoms with Crippen LogP contribution in [0.25, 0.3) is 10.9 Å². The van der Waals surface area contributed by atoms with Gasteiger partial charge in [0.15, 0.2) is 6.61 Å². The van der Waals surface area contributed by atoms with Gasteiger partial charge in [-0.3, -0.25) is 9.59 Å². The number of carbonyl (C=O) groups excluding carboxylic acids is 2. The summed E-state index contributed by atoms with van der Waals surface area (Å²) in [5.74, 6) is 0.655. The van der Waals surface area contributed by atoms with E-state index in [1.165, 1.54) is 0 Å². The quantitative estimate of drug-likeness (QED) is 0.405. The van der Waals surface area contributed by atoms with Crippen molar-refractivity contribution >= 4 is 22.7 Å². The fourth-order valence-corrected chi connectivity index (χ4v) is 5.36. The van der Waals surface area contributed by atoms with Crippen LogP contribution in [0.1, 0.15) is 69.4 Å². The number of aromatic nitrogens is 1. The van der Waals surface area contributed by atoms with Crippen LogP contribution in [-0.2, 0) is 16.1 Å². The third-order valence-corrected chi connectivity index (χ3v) is 7.36. The number of unbranched alkanes of at least 4 members (excludes halogenated alkanes) is 1. The average molecular weight is 515 g/mol. The standard InChI is InChI=1S/C29H46N4O4/c1-7-31(8-2)27(34)20-37-26-14-13-22(5)24-18-25(32(28(24)26)16-9-10-17-36-6)29(35)33(21(3)4)23-12-11-15-30-19-23/h13-14,18,21,23,30H,7-12,15-17,19-20H2,1-6H3/t23-/m1/s1. The summed E-state index contributed by atoms with van der Waals surface area (Å²) in [6.45, 7) is 14.6. The van der Waals surface area contributed by atoms with Crippen molar-refractivity contribution in [2.24, 2.45) is 0 Å². The maximum atomic E-state index is 14.2. The van der Waals surface area contributed by atoms with Crippen LogP contribution in [0.4, 0.5) is 0 Å². The fourth-order valence-electron chi connectivity index (χ4n) is 5.36. The Balaban J connectivity index is 2.04. The molecule has 0 spiro atoms. The van der Waals surface area contributed by atoms with Crippen molar-refractivity contribution in [3.63, 3.8) is 0 Å². The van der Waals surface area contributed by atoms with E-state index in [-0.39, 0.29) is 30.5 Å². The number of amides is 2. The molecule has 206 valence electrons. The van der Waals surface area contributed by atoms with Crippen molar-refractivity contribution in [1.82, 2.24) is 19.7 Å². The van der Waals surface area contributed by atoms with E-state index < -0.39 is 0 Å². The zero-order chi connectivity index (χ0) is 26.9. The number of hydrogen-bond acceptors (Lipinski definition) is 5. The summed E-state index contributed by atoms with van der Waals surface area (Å²) < 4.78 is 13.5. The van der Waals surface area contributed by atoms with Crippen molar-refractivity contribution in [3.8, 4) is 5.75 Å². The second-order valence-corrected chi connectivity index (χ2v) is 10.2. The van der Waals surface area contributed by atoms with Gasteiger partial charge in [-0.25, -0.2) is 0 Å². The maximum absolute atomic E-state index is 14.2. The number of hydrogen-bond donors (Lipinski definition) is 1. The SMILES string of the molecule is CCN(CC)C(=O)COc1ccc(C)c2cc(C(=O)N(C(C)C)[C@@H]3CCCNC3)n(CCCCOC)c12. The second kappa shape index (κ2) is 13.8. The summed E-state index contributed by atoms with van der Waals surface area (Å²) in [7, 11) is 1.71. The maximum Gasteiger partial charge on any atom is 0.271 e. The molecule has 2 aromatic rings. The predicted octanol–water partition coefficient (Wildman–Crippen LogP) is 4.23. The number of nitrogens with zero attached hydrogens (tertiary/aromatic N) is 3. The number of nitrogens with one attached hydrogen (secondary N) is 1. The molecule has 37 heavy (non-hydrogen) atoms. The molecule has 1 aromatic carbocycles. The van der Waals surface area contributed by atoms with Crippen molar-refractivity contribution in [2.75, 3.05) is 46.5 Å². The van der Waals surface area contributed by atoms with E-state index in [9.17, 15) is 9.59 Å². The summed E-state index contributed by atoms with van der Waals surface area (Å²) in [6.07, 6.45) is 3.84. The molecule has 2 amide bonds. The second-order valence-electron chi connectivity index (χ2n) is 10.2. The van der Waals surface area contributed by atoms with E-state index in [0.29, 0.717) is 37.7 Å². The highest BCUT2D eigenvalue weighted by atomic mass is 16.5. The molecule has 1 fully saturated rings. The minimum Gasteiger partial charge on any atom is -0.482 e. The summed E-state index contributed by atoms with van der Waals surface area (Å²) in [5, 5.41) is 4.45.